The second-order valence-corrected chi connectivity index (χ2v) is 9.00. The molecule has 0 bridgehead atoms. The SMILES string of the molecule is O=C1C2CCCCC2SC2C(Oc3ccccc3)CCC(Cl)C12. The molecule has 2 aliphatic carbocycles. The first-order chi connectivity index (χ1) is 11.2. The van der Waals surface area contributed by atoms with Crippen LogP contribution in [0.5, 0.6) is 5.75 Å². The highest BCUT2D eigenvalue weighted by molar-refractivity contribution is 8.00. The number of hydrogen-bond acceptors (Lipinski definition) is 3. The van der Waals surface area contributed by atoms with Gasteiger partial charge in [0.1, 0.15) is 17.6 Å². The van der Waals surface area contributed by atoms with Crippen LogP contribution >= 0.6 is 23.4 Å². The average molecular weight is 351 g/mol. The number of ketones is 1. The van der Waals surface area contributed by atoms with E-state index in [0.717, 1.165) is 25.0 Å². The minimum atomic E-state index is -0.0246. The van der Waals surface area contributed by atoms with Gasteiger partial charge in [-0.05, 0) is 37.8 Å². The predicted molar refractivity (Wildman–Crippen MR) is 95.4 cm³/mol. The summed E-state index contributed by atoms with van der Waals surface area (Å²) in [6.07, 6.45) is 6.62. The van der Waals surface area contributed by atoms with E-state index in [0.29, 0.717) is 11.0 Å². The zero-order chi connectivity index (χ0) is 15.8. The van der Waals surface area contributed by atoms with Crippen molar-refractivity contribution in [2.75, 3.05) is 0 Å². The van der Waals surface area contributed by atoms with Crippen molar-refractivity contribution in [2.45, 2.75) is 60.5 Å². The Morgan fingerprint density at radius 2 is 1.83 bits per heavy atom. The minimum absolute atomic E-state index is 0.0153. The number of rotatable bonds is 2. The van der Waals surface area contributed by atoms with Gasteiger partial charge in [0.05, 0.1) is 5.25 Å². The molecule has 2 saturated carbocycles. The number of benzene rings is 1. The summed E-state index contributed by atoms with van der Waals surface area (Å²) in [5.74, 6) is 1.55. The normalized spacial score (nSPS) is 40.1. The lowest BCUT2D eigenvalue weighted by atomic mass is 9.74. The Morgan fingerprint density at radius 3 is 2.65 bits per heavy atom. The highest BCUT2D eigenvalue weighted by Crippen LogP contribution is 2.50. The van der Waals surface area contributed by atoms with Gasteiger partial charge in [-0.3, -0.25) is 4.79 Å². The fourth-order valence-corrected chi connectivity index (χ4v) is 6.97. The summed E-state index contributed by atoms with van der Waals surface area (Å²) in [7, 11) is 0. The number of thioether (sulfide) groups is 1. The molecule has 6 atom stereocenters. The van der Waals surface area contributed by atoms with Gasteiger partial charge in [0.25, 0.3) is 0 Å². The van der Waals surface area contributed by atoms with Gasteiger partial charge in [0, 0.05) is 22.5 Å². The first-order valence-electron chi connectivity index (χ1n) is 8.79. The Kier molecular flexibility index (Phi) is 4.60. The molecule has 1 heterocycles. The molecule has 2 nitrogen and oxygen atoms in total. The molecule has 1 aromatic rings. The molecule has 1 aromatic carbocycles. The molecule has 124 valence electrons. The molecule has 23 heavy (non-hydrogen) atoms. The van der Waals surface area contributed by atoms with Gasteiger partial charge in [-0.15, -0.1) is 23.4 Å². The Hall–Kier alpha value is -0.670. The van der Waals surface area contributed by atoms with Crippen LogP contribution in [-0.2, 0) is 4.79 Å². The first-order valence-corrected chi connectivity index (χ1v) is 10.2. The zero-order valence-corrected chi connectivity index (χ0v) is 14.8. The summed E-state index contributed by atoms with van der Waals surface area (Å²) in [5, 5.41) is 0.693. The maximum atomic E-state index is 13.0. The van der Waals surface area contributed by atoms with Crippen LogP contribution < -0.4 is 4.74 Å². The molecule has 3 fully saturated rings. The van der Waals surface area contributed by atoms with Crippen LogP contribution in [0, 0.1) is 11.8 Å². The van der Waals surface area contributed by atoms with E-state index in [1.807, 2.05) is 42.1 Å². The number of Topliss-reactive ketones (excluding diaryl/α,β-unsaturated/α-hetero) is 1. The van der Waals surface area contributed by atoms with Crippen LogP contribution in [-0.4, -0.2) is 27.8 Å². The van der Waals surface area contributed by atoms with Crippen molar-refractivity contribution in [1.29, 1.82) is 0 Å². The highest BCUT2D eigenvalue weighted by Gasteiger charge is 2.52. The van der Waals surface area contributed by atoms with Gasteiger partial charge >= 0.3 is 0 Å². The van der Waals surface area contributed by atoms with Crippen molar-refractivity contribution < 1.29 is 9.53 Å². The van der Waals surface area contributed by atoms with Crippen molar-refractivity contribution in [3.63, 3.8) is 0 Å². The Morgan fingerprint density at radius 1 is 1.04 bits per heavy atom. The van der Waals surface area contributed by atoms with Gasteiger partial charge in [0.2, 0.25) is 0 Å². The van der Waals surface area contributed by atoms with Gasteiger partial charge in [-0.2, -0.15) is 0 Å². The van der Waals surface area contributed by atoms with Crippen molar-refractivity contribution in [2.24, 2.45) is 11.8 Å². The van der Waals surface area contributed by atoms with E-state index in [-0.39, 0.29) is 28.6 Å². The topological polar surface area (TPSA) is 26.3 Å². The van der Waals surface area contributed by atoms with E-state index in [1.54, 1.807) is 0 Å². The zero-order valence-electron chi connectivity index (χ0n) is 13.2. The highest BCUT2D eigenvalue weighted by atomic mass is 35.5. The van der Waals surface area contributed by atoms with Crippen LogP contribution in [0.25, 0.3) is 0 Å². The molecule has 6 unspecified atom stereocenters. The molecule has 0 N–H and O–H groups in total. The van der Waals surface area contributed by atoms with Gasteiger partial charge in [0.15, 0.2) is 0 Å². The Balaban J connectivity index is 1.57. The lowest BCUT2D eigenvalue weighted by Crippen LogP contribution is -2.55. The minimum Gasteiger partial charge on any atom is -0.489 e. The monoisotopic (exact) mass is 350 g/mol. The standard InChI is InChI=1S/C19H23ClO2S/c20-14-10-11-15(22-12-6-2-1-3-7-12)19-17(14)18(21)13-8-4-5-9-16(13)23-19/h1-3,6-7,13-17,19H,4-5,8-11H2. The van der Waals surface area contributed by atoms with Crippen molar-refractivity contribution in [3.8, 4) is 5.75 Å². The van der Waals surface area contributed by atoms with E-state index >= 15 is 0 Å². The third-order valence-corrected chi connectivity index (χ3v) is 7.91. The van der Waals surface area contributed by atoms with E-state index in [4.69, 9.17) is 16.3 Å². The van der Waals surface area contributed by atoms with Crippen LogP contribution in [0.3, 0.4) is 0 Å². The van der Waals surface area contributed by atoms with Crippen LogP contribution in [0.1, 0.15) is 38.5 Å². The lowest BCUT2D eigenvalue weighted by Gasteiger charge is -2.48. The molecule has 0 aromatic heterocycles. The molecule has 4 heteroatoms. The second kappa shape index (κ2) is 6.68. The number of hydrogen-bond donors (Lipinski definition) is 0. The number of carbonyl (C=O) groups is 1. The first kappa shape index (κ1) is 15.8. The van der Waals surface area contributed by atoms with E-state index < -0.39 is 0 Å². The fraction of sp³-hybridized carbons (Fsp3) is 0.632. The summed E-state index contributed by atoms with van der Waals surface area (Å²) in [6.45, 7) is 0. The number of para-hydroxylation sites is 1. The summed E-state index contributed by atoms with van der Waals surface area (Å²) in [4.78, 5) is 13.0. The number of ether oxygens (including phenoxy) is 1. The quantitative estimate of drug-likeness (QED) is 0.723. The molecular formula is C19H23ClO2S. The predicted octanol–water partition coefficient (Wildman–Crippen LogP) is 4.69. The summed E-state index contributed by atoms with van der Waals surface area (Å²) < 4.78 is 6.27. The summed E-state index contributed by atoms with van der Waals surface area (Å²) >= 11 is 8.60. The molecule has 1 aliphatic heterocycles. The van der Waals surface area contributed by atoms with Crippen molar-refractivity contribution in [3.05, 3.63) is 30.3 Å². The third-order valence-electron chi connectivity index (χ3n) is 5.60. The molecular weight excluding hydrogens is 328 g/mol. The molecule has 0 spiro atoms. The van der Waals surface area contributed by atoms with Crippen LogP contribution in [0.2, 0.25) is 0 Å². The fourth-order valence-electron chi connectivity index (χ4n) is 4.45. The van der Waals surface area contributed by atoms with E-state index in [1.165, 1.54) is 19.3 Å². The number of fused-ring (bicyclic) bond motifs is 2. The van der Waals surface area contributed by atoms with E-state index in [9.17, 15) is 4.79 Å². The van der Waals surface area contributed by atoms with Gasteiger partial charge < -0.3 is 4.74 Å². The van der Waals surface area contributed by atoms with Gasteiger partial charge in [-0.25, -0.2) is 0 Å². The summed E-state index contributed by atoms with van der Waals surface area (Å²) in [6, 6.07) is 9.99. The van der Waals surface area contributed by atoms with Crippen molar-refractivity contribution in [1.82, 2.24) is 0 Å². The van der Waals surface area contributed by atoms with Crippen molar-refractivity contribution >= 4 is 29.1 Å². The Labute approximate surface area is 147 Å². The Bertz CT molecular complexity index is 564. The summed E-state index contributed by atoms with van der Waals surface area (Å²) in [5.41, 5.74) is 0. The van der Waals surface area contributed by atoms with Gasteiger partial charge in [-0.1, -0.05) is 31.0 Å². The largest absolute Gasteiger partial charge is 0.489 e. The number of alkyl halides is 1. The molecule has 4 rings (SSSR count). The maximum absolute atomic E-state index is 13.0. The molecule has 1 saturated heterocycles. The van der Waals surface area contributed by atoms with Crippen LogP contribution in [0.15, 0.2) is 30.3 Å². The maximum Gasteiger partial charge on any atom is 0.142 e. The third kappa shape index (κ3) is 3.02. The average Bonchev–Trinajstić information content (AvgIpc) is 2.58. The van der Waals surface area contributed by atoms with E-state index in [2.05, 4.69) is 0 Å². The molecule has 3 aliphatic rings. The smallest absolute Gasteiger partial charge is 0.142 e. The number of halogens is 1. The number of carbonyl (C=O) groups excluding carboxylic acids is 1. The second-order valence-electron chi connectivity index (χ2n) is 7.02. The molecule has 0 amide bonds. The molecule has 0 radical (unpaired) electrons. The lowest BCUT2D eigenvalue weighted by molar-refractivity contribution is -0.129. The van der Waals surface area contributed by atoms with Crippen LogP contribution in [0.4, 0.5) is 0 Å².